The summed E-state index contributed by atoms with van der Waals surface area (Å²) in [6.07, 6.45) is 3.20. The summed E-state index contributed by atoms with van der Waals surface area (Å²) in [6, 6.07) is 7.66. The van der Waals surface area contributed by atoms with Gasteiger partial charge in [-0.2, -0.15) is 5.10 Å². The van der Waals surface area contributed by atoms with E-state index in [-0.39, 0.29) is 0 Å². The van der Waals surface area contributed by atoms with Crippen LogP contribution in [0, 0.1) is 0 Å². The van der Waals surface area contributed by atoms with Crippen LogP contribution in [0.15, 0.2) is 41.1 Å². The number of hydrogen-bond donors (Lipinski definition) is 1. The van der Waals surface area contributed by atoms with E-state index in [4.69, 9.17) is 0 Å². The minimum Gasteiger partial charge on any atom is -0.389 e. The minimum absolute atomic E-state index is 0.427. The fourth-order valence-corrected chi connectivity index (χ4v) is 1.63. The molecule has 2 aromatic rings. The number of aliphatic hydroxyl groups is 1. The predicted molar refractivity (Wildman–Crippen MR) is 61.9 cm³/mol. The summed E-state index contributed by atoms with van der Waals surface area (Å²) < 4.78 is 2.72. The van der Waals surface area contributed by atoms with Crippen LogP contribution in [0.3, 0.4) is 0 Å². The van der Waals surface area contributed by atoms with Crippen molar-refractivity contribution >= 4 is 15.9 Å². The van der Waals surface area contributed by atoms with Gasteiger partial charge in [-0.25, -0.2) is 4.68 Å². The van der Waals surface area contributed by atoms with Gasteiger partial charge in [0.25, 0.3) is 0 Å². The van der Waals surface area contributed by atoms with Crippen LogP contribution >= 0.6 is 15.9 Å². The van der Waals surface area contributed by atoms with Gasteiger partial charge in [-0.3, -0.25) is 0 Å². The summed E-state index contributed by atoms with van der Waals surface area (Å²) in [4.78, 5) is 0. The number of benzene rings is 1. The van der Waals surface area contributed by atoms with Crippen molar-refractivity contribution in [2.45, 2.75) is 13.0 Å². The first kappa shape index (κ1) is 10.4. The molecule has 0 aliphatic carbocycles. The first-order valence-electron chi connectivity index (χ1n) is 4.65. The normalized spacial score (nSPS) is 12.7. The summed E-state index contributed by atoms with van der Waals surface area (Å²) in [5, 5.41) is 13.5. The summed E-state index contributed by atoms with van der Waals surface area (Å²) >= 11 is 3.34. The molecule has 0 fully saturated rings. The van der Waals surface area contributed by atoms with Gasteiger partial charge in [0, 0.05) is 6.20 Å². The van der Waals surface area contributed by atoms with Gasteiger partial charge in [-0.05, 0) is 40.5 Å². The van der Waals surface area contributed by atoms with Crippen LogP contribution in [-0.4, -0.2) is 14.9 Å². The van der Waals surface area contributed by atoms with Crippen molar-refractivity contribution in [1.82, 2.24) is 9.78 Å². The summed E-state index contributed by atoms with van der Waals surface area (Å²) in [5.74, 6) is 0. The van der Waals surface area contributed by atoms with Crippen molar-refractivity contribution in [3.05, 3.63) is 46.7 Å². The van der Waals surface area contributed by atoms with Crippen molar-refractivity contribution in [3.8, 4) is 5.69 Å². The van der Waals surface area contributed by atoms with Gasteiger partial charge in [0.2, 0.25) is 0 Å². The van der Waals surface area contributed by atoms with E-state index >= 15 is 0 Å². The first-order chi connectivity index (χ1) is 7.16. The lowest BCUT2D eigenvalue weighted by atomic mass is 10.1. The van der Waals surface area contributed by atoms with Crippen molar-refractivity contribution in [3.63, 3.8) is 0 Å². The molecule has 4 heteroatoms. The minimum atomic E-state index is -0.427. The average Bonchev–Trinajstić information content (AvgIpc) is 2.65. The second-order valence-electron chi connectivity index (χ2n) is 3.37. The van der Waals surface area contributed by atoms with Crippen LogP contribution in [0.2, 0.25) is 0 Å². The third-order valence-electron chi connectivity index (χ3n) is 2.19. The highest BCUT2D eigenvalue weighted by Crippen LogP contribution is 2.16. The highest BCUT2D eigenvalue weighted by atomic mass is 79.9. The maximum absolute atomic E-state index is 9.36. The summed E-state index contributed by atoms with van der Waals surface area (Å²) in [7, 11) is 0. The molecular weight excluding hydrogens is 256 g/mol. The second-order valence-corrected chi connectivity index (χ2v) is 4.29. The van der Waals surface area contributed by atoms with E-state index in [9.17, 15) is 5.11 Å². The molecule has 1 aromatic heterocycles. The average molecular weight is 267 g/mol. The maximum Gasteiger partial charge on any atom is 0.0761 e. The number of aliphatic hydroxyl groups excluding tert-OH is 1. The molecule has 0 saturated carbocycles. The molecule has 15 heavy (non-hydrogen) atoms. The van der Waals surface area contributed by atoms with E-state index in [1.165, 1.54) is 0 Å². The Hall–Kier alpha value is -1.13. The SMILES string of the molecule is C[C@@H](O)c1ccc(-n2cc(Br)cn2)cc1. The number of aromatic nitrogens is 2. The Kier molecular flexibility index (Phi) is 2.88. The van der Waals surface area contributed by atoms with Gasteiger partial charge in [0.05, 0.1) is 22.5 Å². The highest BCUT2D eigenvalue weighted by molar-refractivity contribution is 9.10. The van der Waals surface area contributed by atoms with Crippen LogP contribution in [0.5, 0.6) is 0 Å². The molecule has 0 spiro atoms. The molecule has 0 aliphatic heterocycles. The molecule has 1 N–H and O–H groups in total. The predicted octanol–water partition coefficient (Wildman–Crippen LogP) is 2.69. The Morgan fingerprint density at radius 2 is 2.00 bits per heavy atom. The smallest absolute Gasteiger partial charge is 0.0761 e. The van der Waals surface area contributed by atoms with Gasteiger partial charge in [-0.1, -0.05) is 12.1 Å². The molecule has 78 valence electrons. The van der Waals surface area contributed by atoms with Crippen molar-refractivity contribution < 1.29 is 5.11 Å². The molecular formula is C11H11BrN2O. The largest absolute Gasteiger partial charge is 0.389 e. The zero-order chi connectivity index (χ0) is 10.8. The molecule has 0 amide bonds. The highest BCUT2D eigenvalue weighted by Gasteiger charge is 2.02. The molecule has 0 aliphatic rings. The monoisotopic (exact) mass is 266 g/mol. The number of hydrogen-bond acceptors (Lipinski definition) is 2. The van der Waals surface area contributed by atoms with Gasteiger partial charge >= 0.3 is 0 Å². The third-order valence-corrected chi connectivity index (χ3v) is 2.60. The maximum atomic E-state index is 9.36. The van der Waals surface area contributed by atoms with E-state index in [2.05, 4.69) is 21.0 Å². The van der Waals surface area contributed by atoms with Crippen LogP contribution < -0.4 is 0 Å². The Balaban J connectivity index is 2.31. The zero-order valence-corrected chi connectivity index (χ0v) is 9.85. The lowest BCUT2D eigenvalue weighted by Crippen LogP contribution is -1.96. The molecule has 0 saturated heterocycles. The van der Waals surface area contributed by atoms with Gasteiger partial charge in [0.15, 0.2) is 0 Å². The second kappa shape index (κ2) is 4.16. The van der Waals surface area contributed by atoms with E-state index in [0.29, 0.717) is 0 Å². The Bertz CT molecular complexity index is 448. The van der Waals surface area contributed by atoms with E-state index in [0.717, 1.165) is 15.7 Å². The number of nitrogens with zero attached hydrogens (tertiary/aromatic N) is 2. The van der Waals surface area contributed by atoms with Crippen LogP contribution in [-0.2, 0) is 0 Å². The fourth-order valence-electron chi connectivity index (χ4n) is 1.35. The zero-order valence-electron chi connectivity index (χ0n) is 8.26. The van der Waals surface area contributed by atoms with Crippen molar-refractivity contribution in [2.24, 2.45) is 0 Å². The Labute approximate surface area is 96.5 Å². The molecule has 1 heterocycles. The van der Waals surface area contributed by atoms with E-state index in [1.54, 1.807) is 17.8 Å². The summed E-state index contributed by atoms with van der Waals surface area (Å²) in [6.45, 7) is 1.75. The lowest BCUT2D eigenvalue weighted by molar-refractivity contribution is 0.199. The van der Waals surface area contributed by atoms with Gasteiger partial charge < -0.3 is 5.11 Å². The molecule has 1 aromatic carbocycles. The number of halogens is 1. The topological polar surface area (TPSA) is 38.0 Å². The lowest BCUT2D eigenvalue weighted by Gasteiger charge is -2.06. The molecule has 1 atom stereocenters. The van der Waals surface area contributed by atoms with E-state index in [1.807, 2.05) is 30.5 Å². The molecule has 0 radical (unpaired) electrons. The van der Waals surface area contributed by atoms with Crippen LogP contribution in [0.1, 0.15) is 18.6 Å². The summed E-state index contributed by atoms with van der Waals surface area (Å²) in [5.41, 5.74) is 1.88. The van der Waals surface area contributed by atoms with Crippen LogP contribution in [0.4, 0.5) is 0 Å². The van der Waals surface area contributed by atoms with Gasteiger partial charge in [0.1, 0.15) is 0 Å². The quantitative estimate of drug-likeness (QED) is 0.908. The Morgan fingerprint density at radius 1 is 1.33 bits per heavy atom. The van der Waals surface area contributed by atoms with Crippen molar-refractivity contribution in [2.75, 3.05) is 0 Å². The molecule has 3 nitrogen and oxygen atoms in total. The molecule has 2 rings (SSSR count). The standard InChI is InChI=1S/C11H11BrN2O/c1-8(15)9-2-4-11(5-3-9)14-7-10(12)6-13-14/h2-8,15H,1H3/t8-/m1/s1. The Morgan fingerprint density at radius 3 is 2.47 bits per heavy atom. The van der Waals surface area contributed by atoms with E-state index < -0.39 is 6.10 Å². The molecule has 0 unspecified atom stereocenters. The van der Waals surface area contributed by atoms with Crippen molar-refractivity contribution in [1.29, 1.82) is 0 Å². The first-order valence-corrected chi connectivity index (χ1v) is 5.44. The third kappa shape index (κ3) is 2.27. The fraction of sp³-hybridized carbons (Fsp3) is 0.182. The number of rotatable bonds is 2. The van der Waals surface area contributed by atoms with Gasteiger partial charge in [-0.15, -0.1) is 0 Å². The molecule has 0 bridgehead atoms. The van der Waals surface area contributed by atoms with Crippen LogP contribution in [0.25, 0.3) is 5.69 Å².